The zero-order valence-corrected chi connectivity index (χ0v) is 15.5. The fourth-order valence-corrected chi connectivity index (χ4v) is 4.43. The molecule has 136 valence electrons. The van der Waals surface area contributed by atoms with Gasteiger partial charge in [0.15, 0.2) is 6.61 Å². The van der Waals surface area contributed by atoms with Crippen molar-refractivity contribution in [2.45, 2.75) is 56.3 Å². The number of ether oxygens (including phenoxy) is 1. The molecule has 0 radical (unpaired) electrons. The number of rotatable bonds is 7. The van der Waals surface area contributed by atoms with Crippen LogP contribution in [-0.2, 0) is 27.2 Å². The van der Waals surface area contributed by atoms with Crippen LogP contribution in [0.1, 0.15) is 49.7 Å². The summed E-state index contributed by atoms with van der Waals surface area (Å²) in [5.41, 5.74) is 2.84. The van der Waals surface area contributed by atoms with E-state index in [0.717, 1.165) is 17.7 Å². The van der Waals surface area contributed by atoms with Gasteiger partial charge in [-0.25, -0.2) is 0 Å². The minimum Gasteiger partial charge on any atom is -0.455 e. The molecule has 25 heavy (non-hydrogen) atoms. The quantitative estimate of drug-likeness (QED) is 0.596. The zero-order chi connectivity index (χ0) is 17.5. The maximum absolute atomic E-state index is 11.8. The lowest BCUT2D eigenvalue weighted by Crippen LogP contribution is -2.33. The van der Waals surface area contributed by atoms with Gasteiger partial charge < -0.3 is 10.1 Å². The van der Waals surface area contributed by atoms with E-state index in [1.807, 2.05) is 0 Å². The van der Waals surface area contributed by atoms with E-state index in [1.165, 1.54) is 61.4 Å². The first-order valence-corrected chi connectivity index (χ1v) is 10.4. The van der Waals surface area contributed by atoms with E-state index < -0.39 is 0 Å². The molecule has 1 aromatic rings. The largest absolute Gasteiger partial charge is 0.455 e. The first-order valence-electron chi connectivity index (χ1n) is 9.37. The summed E-state index contributed by atoms with van der Waals surface area (Å²) in [7, 11) is 0. The van der Waals surface area contributed by atoms with E-state index in [0.29, 0.717) is 12.5 Å². The minimum absolute atomic E-state index is 0.170. The van der Waals surface area contributed by atoms with E-state index in [9.17, 15) is 9.59 Å². The van der Waals surface area contributed by atoms with Crippen molar-refractivity contribution >= 4 is 23.6 Å². The molecule has 3 rings (SSSR count). The molecule has 0 unspecified atom stereocenters. The number of hydrogen-bond donors (Lipinski definition) is 1. The molecule has 0 heterocycles. The standard InChI is InChI=1S/C20H27NO3S/c22-19(21-12-15-5-2-1-3-6-15)13-24-20(23)14-25-18-10-9-16-7-4-8-17(16)11-18/h9-11,15H,1-8,12-14H2,(H,21,22). The van der Waals surface area contributed by atoms with Crippen LogP contribution in [0.2, 0.25) is 0 Å². The van der Waals surface area contributed by atoms with Crippen LogP contribution in [0, 0.1) is 5.92 Å². The van der Waals surface area contributed by atoms with E-state index in [2.05, 4.69) is 23.5 Å². The number of carbonyl (C=O) groups is 2. The number of hydrogen-bond acceptors (Lipinski definition) is 4. The molecular weight excluding hydrogens is 334 g/mol. The lowest BCUT2D eigenvalue weighted by atomic mass is 9.89. The number of esters is 1. The molecule has 0 aliphatic heterocycles. The topological polar surface area (TPSA) is 55.4 Å². The van der Waals surface area contributed by atoms with E-state index in [1.54, 1.807) is 0 Å². The molecule has 0 spiro atoms. The van der Waals surface area contributed by atoms with Gasteiger partial charge in [0.2, 0.25) is 0 Å². The zero-order valence-electron chi connectivity index (χ0n) is 14.7. The normalized spacial score (nSPS) is 17.1. The fraction of sp³-hybridized carbons (Fsp3) is 0.600. The number of fused-ring (bicyclic) bond motifs is 1. The van der Waals surface area contributed by atoms with Crippen LogP contribution < -0.4 is 5.32 Å². The molecule has 0 bridgehead atoms. The Kier molecular flexibility index (Phi) is 6.79. The lowest BCUT2D eigenvalue weighted by Gasteiger charge is -2.21. The monoisotopic (exact) mass is 361 g/mol. The average molecular weight is 362 g/mol. The van der Waals surface area contributed by atoms with Crippen LogP contribution in [0.4, 0.5) is 0 Å². The second-order valence-corrected chi connectivity index (χ2v) is 8.09. The molecule has 0 aromatic heterocycles. The van der Waals surface area contributed by atoms with Crippen molar-refractivity contribution in [3.05, 3.63) is 29.3 Å². The van der Waals surface area contributed by atoms with Crippen LogP contribution in [0.3, 0.4) is 0 Å². The summed E-state index contributed by atoms with van der Waals surface area (Å²) < 4.78 is 5.09. The Morgan fingerprint density at radius 2 is 1.88 bits per heavy atom. The van der Waals surface area contributed by atoms with Gasteiger partial charge in [-0.2, -0.15) is 0 Å². The number of benzene rings is 1. The summed E-state index contributed by atoms with van der Waals surface area (Å²) >= 11 is 1.48. The molecule has 1 saturated carbocycles. The Labute approximate surface area is 154 Å². The van der Waals surface area contributed by atoms with E-state index in [4.69, 9.17) is 4.74 Å². The Hall–Kier alpha value is -1.49. The van der Waals surface area contributed by atoms with Crippen molar-refractivity contribution in [2.24, 2.45) is 5.92 Å². The first kappa shape index (κ1) is 18.3. The molecule has 1 N–H and O–H groups in total. The highest BCUT2D eigenvalue weighted by molar-refractivity contribution is 8.00. The molecule has 2 aliphatic rings. The SMILES string of the molecule is O=C(COC(=O)CSc1ccc2c(c1)CCC2)NCC1CCCCC1. The van der Waals surface area contributed by atoms with Crippen molar-refractivity contribution in [1.29, 1.82) is 0 Å². The highest BCUT2D eigenvalue weighted by atomic mass is 32.2. The molecule has 1 amide bonds. The number of aryl methyl sites for hydroxylation is 2. The Morgan fingerprint density at radius 3 is 2.72 bits per heavy atom. The Morgan fingerprint density at radius 1 is 1.08 bits per heavy atom. The molecule has 0 atom stereocenters. The molecule has 1 aromatic carbocycles. The fourth-order valence-electron chi connectivity index (χ4n) is 3.67. The van der Waals surface area contributed by atoms with Crippen LogP contribution in [0.25, 0.3) is 0 Å². The van der Waals surface area contributed by atoms with Gasteiger partial charge in [-0.1, -0.05) is 25.3 Å². The van der Waals surface area contributed by atoms with Gasteiger partial charge in [0.05, 0.1) is 5.75 Å². The van der Waals surface area contributed by atoms with Crippen LogP contribution in [-0.4, -0.2) is 30.8 Å². The highest BCUT2D eigenvalue weighted by Gasteiger charge is 2.15. The summed E-state index contributed by atoms with van der Waals surface area (Å²) in [5, 5.41) is 2.89. The second-order valence-electron chi connectivity index (χ2n) is 7.04. The Bertz CT molecular complexity index is 611. The number of nitrogens with one attached hydrogen (secondary N) is 1. The lowest BCUT2D eigenvalue weighted by molar-refractivity contribution is -0.146. The van der Waals surface area contributed by atoms with E-state index in [-0.39, 0.29) is 24.2 Å². The van der Waals surface area contributed by atoms with Gasteiger partial charge in [0.1, 0.15) is 0 Å². The van der Waals surface area contributed by atoms with Gasteiger partial charge >= 0.3 is 5.97 Å². The number of thioether (sulfide) groups is 1. The minimum atomic E-state index is -0.335. The smallest absolute Gasteiger partial charge is 0.316 e. The summed E-state index contributed by atoms with van der Waals surface area (Å²) in [5.74, 6) is 0.304. The molecule has 2 aliphatic carbocycles. The summed E-state index contributed by atoms with van der Waals surface area (Å²) in [6.07, 6.45) is 9.74. The van der Waals surface area contributed by atoms with Gasteiger partial charge in [-0.3, -0.25) is 9.59 Å². The third-order valence-corrected chi connectivity index (χ3v) is 6.07. The molecule has 1 fully saturated rings. The summed E-state index contributed by atoms with van der Waals surface area (Å²) in [6.45, 7) is 0.538. The van der Waals surface area contributed by atoms with Crippen molar-refractivity contribution in [1.82, 2.24) is 5.32 Å². The van der Waals surface area contributed by atoms with Crippen LogP contribution in [0.5, 0.6) is 0 Å². The van der Waals surface area contributed by atoms with Gasteiger partial charge in [0.25, 0.3) is 5.91 Å². The van der Waals surface area contributed by atoms with Crippen molar-refractivity contribution in [3.63, 3.8) is 0 Å². The van der Waals surface area contributed by atoms with Crippen molar-refractivity contribution in [2.75, 3.05) is 18.9 Å². The van der Waals surface area contributed by atoms with Crippen LogP contribution in [0.15, 0.2) is 23.1 Å². The average Bonchev–Trinajstić information content (AvgIpc) is 3.11. The second kappa shape index (κ2) is 9.27. The number of carbonyl (C=O) groups excluding carboxylic acids is 2. The third-order valence-electron chi connectivity index (χ3n) is 5.10. The molecule has 0 saturated heterocycles. The van der Waals surface area contributed by atoms with Crippen LogP contribution >= 0.6 is 11.8 Å². The van der Waals surface area contributed by atoms with Crippen molar-refractivity contribution < 1.29 is 14.3 Å². The molecular formula is C20H27NO3S. The van der Waals surface area contributed by atoms with E-state index >= 15 is 0 Å². The highest BCUT2D eigenvalue weighted by Crippen LogP contribution is 2.27. The maximum atomic E-state index is 11.8. The number of amides is 1. The van der Waals surface area contributed by atoms with Gasteiger partial charge in [0, 0.05) is 11.4 Å². The first-order chi connectivity index (χ1) is 12.2. The maximum Gasteiger partial charge on any atom is 0.316 e. The van der Waals surface area contributed by atoms with Gasteiger partial charge in [-0.15, -0.1) is 11.8 Å². The third kappa shape index (κ3) is 5.77. The summed E-state index contributed by atoms with van der Waals surface area (Å²) in [6, 6.07) is 6.41. The predicted molar refractivity (Wildman–Crippen MR) is 99.7 cm³/mol. The van der Waals surface area contributed by atoms with Gasteiger partial charge in [-0.05, 0) is 61.3 Å². The Balaban J connectivity index is 1.31. The predicted octanol–water partition coefficient (Wildman–Crippen LogP) is 3.51. The summed E-state index contributed by atoms with van der Waals surface area (Å²) in [4.78, 5) is 24.7. The van der Waals surface area contributed by atoms with Crippen molar-refractivity contribution in [3.8, 4) is 0 Å². The molecule has 4 nitrogen and oxygen atoms in total. The molecule has 5 heteroatoms.